The summed E-state index contributed by atoms with van der Waals surface area (Å²) in [5.41, 5.74) is 5.47. The molecule has 0 spiro atoms. The van der Waals surface area contributed by atoms with Gasteiger partial charge in [0.2, 0.25) is 0 Å². The van der Waals surface area contributed by atoms with Crippen LogP contribution in [0.2, 0.25) is 0 Å². The van der Waals surface area contributed by atoms with Crippen molar-refractivity contribution < 1.29 is 18.3 Å². The van der Waals surface area contributed by atoms with Crippen LogP contribution in [0.5, 0.6) is 0 Å². The van der Waals surface area contributed by atoms with Gasteiger partial charge in [-0.3, -0.25) is 0 Å². The second-order valence-electron chi connectivity index (χ2n) is 3.60. The van der Waals surface area contributed by atoms with E-state index in [1.807, 2.05) is 0 Å². The van der Waals surface area contributed by atoms with E-state index in [2.05, 4.69) is 0 Å². The summed E-state index contributed by atoms with van der Waals surface area (Å²) in [6.07, 6.45) is -3.39. The fourth-order valence-corrected chi connectivity index (χ4v) is 1.42. The molecule has 3 N–H and O–H groups in total. The summed E-state index contributed by atoms with van der Waals surface area (Å²) in [6.45, 7) is -0.00728. The van der Waals surface area contributed by atoms with Crippen LogP contribution in [0.4, 0.5) is 13.2 Å². The quantitative estimate of drug-likeness (QED) is 0.839. The van der Waals surface area contributed by atoms with Gasteiger partial charge < -0.3 is 10.8 Å². The van der Waals surface area contributed by atoms with Gasteiger partial charge in [-0.05, 0) is 30.5 Å². The van der Waals surface area contributed by atoms with Gasteiger partial charge in [0.25, 0.3) is 0 Å². The van der Waals surface area contributed by atoms with Crippen molar-refractivity contribution >= 4 is 0 Å². The molecular formula is C11H14F3NO. The molecule has 0 aromatic heterocycles. The topological polar surface area (TPSA) is 46.2 Å². The number of aliphatic hydroxyl groups is 1. The van der Waals surface area contributed by atoms with Gasteiger partial charge in [0.1, 0.15) is 0 Å². The maximum Gasteiger partial charge on any atom is 0.416 e. The molecule has 1 atom stereocenters. The Bertz CT molecular complexity index is 338. The smallest absolute Gasteiger partial charge is 0.396 e. The Morgan fingerprint density at radius 2 is 2.00 bits per heavy atom. The lowest BCUT2D eigenvalue weighted by molar-refractivity contribution is -0.137. The molecule has 0 aliphatic carbocycles. The number of halogens is 3. The van der Waals surface area contributed by atoms with Crippen molar-refractivity contribution in [2.24, 2.45) is 5.73 Å². The van der Waals surface area contributed by atoms with Gasteiger partial charge in [-0.15, -0.1) is 0 Å². The Morgan fingerprint density at radius 1 is 1.31 bits per heavy atom. The Balaban J connectivity index is 2.82. The first-order chi connectivity index (χ1) is 7.45. The molecule has 0 aliphatic rings. The molecular weight excluding hydrogens is 219 g/mol. The molecule has 1 rings (SSSR count). The fourth-order valence-electron chi connectivity index (χ4n) is 1.42. The molecule has 90 valence electrons. The van der Waals surface area contributed by atoms with Crippen LogP contribution in [0, 0.1) is 0 Å². The van der Waals surface area contributed by atoms with Crippen LogP contribution in [0.1, 0.15) is 30.0 Å². The third kappa shape index (κ3) is 3.50. The van der Waals surface area contributed by atoms with Crippen molar-refractivity contribution in [1.82, 2.24) is 0 Å². The van der Waals surface area contributed by atoms with E-state index in [1.54, 1.807) is 6.07 Å². The molecule has 16 heavy (non-hydrogen) atoms. The molecule has 1 aromatic rings. The summed E-state index contributed by atoms with van der Waals surface area (Å²) in [7, 11) is 0. The minimum atomic E-state index is -4.34. The van der Waals surface area contributed by atoms with Crippen molar-refractivity contribution in [3.05, 3.63) is 35.4 Å². The summed E-state index contributed by atoms with van der Waals surface area (Å²) in [5, 5.41) is 8.61. The van der Waals surface area contributed by atoms with Crippen molar-refractivity contribution in [2.75, 3.05) is 6.61 Å². The third-order valence-electron chi connectivity index (χ3n) is 2.32. The second kappa shape index (κ2) is 5.32. The summed E-state index contributed by atoms with van der Waals surface area (Å²) < 4.78 is 37.2. The fraction of sp³-hybridized carbons (Fsp3) is 0.455. The maximum atomic E-state index is 12.4. The third-order valence-corrected chi connectivity index (χ3v) is 2.32. The monoisotopic (exact) mass is 233 g/mol. The number of aliphatic hydroxyl groups excluding tert-OH is 1. The number of alkyl halides is 3. The largest absolute Gasteiger partial charge is 0.416 e. The Morgan fingerprint density at radius 3 is 2.56 bits per heavy atom. The van der Waals surface area contributed by atoms with Crippen LogP contribution < -0.4 is 5.73 Å². The van der Waals surface area contributed by atoms with Crippen molar-refractivity contribution in [2.45, 2.75) is 25.1 Å². The zero-order valence-electron chi connectivity index (χ0n) is 8.67. The summed E-state index contributed by atoms with van der Waals surface area (Å²) >= 11 is 0. The first kappa shape index (κ1) is 13.0. The molecule has 0 amide bonds. The lowest BCUT2D eigenvalue weighted by Crippen LogP contribution is -2.13. The molecule has 0 heterocycles. The van der Waals surface area contributed by atoms with Crippen LogP contribution in [-0.4, -0.2) is 11.7 Å². The molecule has 0 unspecified atom stereocenters. The first-order valence-corrected chi connectivity index (χ1v) is 4.98. The zero-order chi connectivity index (χ0) is 12.2. The average molecular weight is 233 g/mol. The summed E-state index contributed by atoms with van der Waals surface area (Å²) in [4.78, 5) is 0. The van der Waals surface area contributed by atoms with Gasteiger partial charge in [-0.1, -0.05) is 12.1 Å². The van der Waals surface area contributed by atoms with Gasteiger partial charge in [0.05, 0.1) is 5.56 Å². The molecule has 1 aromatic carbocycles. The zero-order valence-corrected chi connectivity index (χ0v) is 8.67. The highest BCUT2D eigenvalue weighted by Gasteiger charge is 2.30. The highest BCUT2D eigenvalue weighted by Crippen LogP contribution is 2.30. The maximum absolute atomic E-state index is 12.4. The standard InChI is InChI=1S/C11H14F3NO/c12-11(13,14)9-4-1-3-8(7-9)10(15)5-2-6-16/h1,3-4,7,10,16H,2,5-6,15H2/t10-/m0/s1. The number of nitrogens with two attached hydrogens (primary N) is 1. The van der Waals surface area contributed by atoms with Gasteiger partial charge >= 0.3 is 6.18 Å². The van der Waals surface area contributed by atoms with Crippen LogP contribution in [-0.2, 0) is 6.18 Å². The van der Waals surface area contributed by atoms with Gasteiger partial charge in [-0.2, -0.15) is 13.2 Å². The summed E-state index contributed by atoms with van der Waals surface area (Å²) in [6, 6.07) is 4.52. The SMILES string of the molecule is N[C@@H](CCCO)c1cccc(C(F)(F)F)c1. The minimum Gasteiger partial charge on any atom is -0.396 e. The van der Waals surface area contributed by atoms with E-state index < -0.39 is 17.8 Å². The van der Waals surface area contributed by atoms with Gasteiger partial charge in [0.15, 0.2) is 0 Å². The van der Waals surface area contributed by atoms with Crippen LogP contribution in [0.25, 0.3) is 0 Å². The molecule has 0 aliphatic heterocycles. The van der Waals surface area contributed by atoms with E-state index in [0.717, 1.165) is 12.1 Å². The van der Waals surface area contributed by atoms with Crippen LogP contribution in [0.15, 0.2) is 24.3 Å². The predicted molar refractivity (Wildman–Crippen MR) is 54.7 cm³/mol. The molecule has 5 heteroatoms. The Kier molecular flexibility index (Phi) is 4.32. The van der Waals surface area contributed by atoms with Crippen molar-refractivity contribution in [1.29, 1.82) is 0 Å². The van der Waals surface area contributed by atoms with E-state index in [9.17, 15) is 13.2 Å². The molecule has 0 radical (unpaired) electrons. The highest BCUT2D eigenvalue weighted by atomic mass is 19.4. The van der Waals surface area contributed by atoms with Crippen LogP contribution in [0.3, 0.4) is 0 Å². The highest BCUT2D eigenvalue weighted by molar-refractivity contribution is 5.27. The second-order valence-corrected chi connectivity index (χ2v) is 3.60. The van der Waals surface area contributed by atoms with E-state index in [-0.39, 0.29) is 6.61 Å². The van der Waals surface area contributed by atoms with Crippen molar-refractivity contribution in [3.63, 3.8) is 0 Å². The van der Waals surface area contributed by atoms with E-state index >= 15 is 0 Å². The predicted octanol–water partition coefficient (Wildman–Crippen LogP) is 2.48. The molecule has 0 bridgehead atoms. The molecule has 0 fully saturated rings. The molecule has 0 saturated heterocycles. The normalized spacial score (nSPS) is 13.8. The lowest BCUT2D eigenvalue weighted by atomic mass is 10.0. The summed E-state index contributed by atoms with van der Waals surface area (Å²) in [5.74, 6) is 0. The van der Waals surface area contributed by atoms with E-state index in [1.165, 1.54) is 6.07 Å². The van der Waals surface area contributed by atoms with Gasteiger partial charge in [-0.25, -0.2) is 0 Å². The minimum absolute atomic E-state index is 0.00728. The molecule has 0 saturated carbocycles. The van der Waals surface area contributed by atoms with Gasteiger partial charge in [0, 0.05) is 12.6 Å². The number of hydrogen-bond donors (Lipinski definition) is 2. The average Bonchev–Trinajstić information content (AvgIpc) is 2.25. The Labute approximate surface area is 91.9 Å². The van der Waals surface area contributed by atoms with E-state index in [4.69, 9.17) is 10.8 Å². The van der Waals surface area contributed by atoms with E-state index in [0.29, 0.717) is 18.4 Å². The molecule has 2 nitrogen and oxygen atoms in total. The number of benzene rings is 1. The van der Waals surface area contributed by atoms with Crippen LogP contribution >= 0.6 is 0 Å². The Hall–Kier alpha value is -1.07. The lowest BCUT2D eigenvalue weighted by Gasteiger charge is -2.13. The van der Waals surface area contributed by atoms with Crippen molar-refractivity contribution in [3.8, 4) is 0 Å². The first-order valence-electron chi connectivity index (χ1n) is 4.98. The number of rotatable bonds is 4. The number of hydrogen-bond acceptors (Lipinski definition) is 2.